The number of ether oxygens (including phenoxy) is 1. The lowest BCUT2D eigenvalue weighted by atomic mass is 9.91. The van der Waals surface area contributed by atoms with Crippen molar-refractivity contribution in [1.29, 1.82) is 0 Å². The Labute approximate surface area is 165 Å². The Bertz CT molecular complexity index is 494. The summed E-state index contributed by atoms with van der Waals surface area (Å²) in [5.41, 5.74) is -0.255. The van der Waals surface area contributed by atoms with Gasteiger partial charge < -0.3 is 24.8 Å². The van der Waals surface area contributed by atoms with Gasteiger partial charge in [-0.05, 0) is 33.2 Å². The van der Waals surface area contributed by atoms with Crippen LogP contribution in [0.3, 0.4) is 0 Å². The second-order valence-electron chi connectivity index (χ2n) is 8.42. The summed E-state index contributed by atoms with van der Waals surface area (Å²) < 4.78 is 5.62. The molecule has 1 fully saturated rings. The van der Waals surface area contributed by atoms with E-state index in [4.69, 9.17) is 4.74 Å². The molecule has 0 spiro atoms. The van der Waals surface area contributed by atoms with Crippen LogP contribution in [0.4, 0.5) is 4.79 Å². The standard InChI is InChI=1S/C20H40N4O3/c1-9-15(3)18(16(10-2)27-8)23(7)17(25)13-21-19(26)24-12-11-22(6)14-20(24,4)5/h15-16,18H,9-14H2,1-8H3,(H,21,26). The molecule has 3 amide bonds. The third-order valence-electron chi connectivity index (χ3n) is 5.88. The lowest BCUT2D eigenvalue weighted by Crippen LogP contribution is -2.62. The van der Waals surface area contributed by atoms with Crippen LogP contribution in [0.1, 0.15) is 47.5 Å². The number of carbonyl (C=O) groups is 2. The molecule has 158 valence electrons. The van der Waals surface area contributed by atoms with E-state index < -0.39 is 0 Å². The molecular formula is C20H40N4O3. The maximum Gasteiger partial charge on any atom is 0.318 e. The van der Waals surface area contributed by atoms with E-state index in [2.05, 4.69) is 51.9 Å². The van der Waals surface area contributed by atoms with E-state index in [-0.39, 0.29) is 36.2 Å². The van der Waals surface area contributed by atoms with E-state index in [9.17, 15) is 9.59 Å². The molecule has 0 aliphatic carbocycles. The number of nitrogens with one attached hydrogen (secondary N) is 1. The molecule has 0 aromatic carbocycles. The second-order valence-corrected chi connectivity index (χ2v) is 8.42. The van der Waals surface area contributed by atoms with E-state index in [1.165, 1.54) is 0 Å². The molecule has 7 nitrogen and oxygen atoms in total. The van der Waals surface area contributed by atoms with E-state index in [1.54, 1.807) is 12.0 Å². The minimum Gasteiger partial charge on any atom is -0.379 e. The van der Waals surface area contributed by atoms with Crippen LogP contribution in [-0.4, -0.2) is 91.7 Å². The zero-order valence-corrected chi connectivity index (χ0v) is 18.5. The number of carbonyl (C=O) groups excluding carboxylic acids is 2. The van der Waals surface area contributed by atoms with Crippen LogP contribution in [0.2, 0.25) is 0 Å². The molecular weight excluding hydrogens is 344 g/mol. The van der Waals surface area contributed by atoms with Crippen molar-refractivity contribution in [1.82, 2.24) is 20.0 Å². The van der Waals surface area contributed by atoms with Crippen molar-refractivity contribution in [2.24, 2.45) is 5.92 Å². The first kappa shape index (κ1) is 23.7. The highest BCUT2D eigenvalue weighted by Gasteiger charge is 2.36. The number of hydrogen-bond acceptors (Lipinski definition) is 4. The van der Waals surface area contributed by atoms with Crippen molar-refractivity contribution in [2.75, 3.05) is 47.4 Å². The van der Waals surface area contributed by atoms with Gasteiger partial charge in [-0.2, -0.15) is 0 Å². The Hall–Kier alpha value is -1.34. The SMILES string of the molecule is CCC(C)C(C(CC)OC)N(C)C(=O)CNC(=O)N1CCN(C)CC1(C)C. The summed E-state index contributed by atoms with van der Waals surface area (Å²) in [6.45, 7) is 12.8. The van der Waals surface area contributed by atoms with Gasteiger partial charge in [0, 0.05) is 33.8 Å². The Morgan fingerprint density at radius 3 is 2.33 bits per heavy atom. The van der Waals surface area contributed by atoms with Crippen molar-refractivity contribution in [2.45, 2.75) is 65.1 Å². The molecule has 0 aromatic heterocycles. The quantitative estimate of drug-likeness (QED) is 0.695. The van der Waals surface area contributed by atoms with Gasteiger partial charge in [0.2, 0.25) is 5.91 Å². The predicted molar refractivity (Wildman–Crippen MR) is 109 cm³/mol. The second kappa shape index (κ2) is 10.3. The number of methoxy groups -OCH3 is 1. The topological polar surface area (TPSA) is 65.1 Å². The highest BCUT2D eigenvalue weighted by molar-refractivity contribution is 5.84. The zero-order chi connectivity index (χ0) is 20.8. The van der Waals surface area contributed by atoms with Crippen LogP contribution in [0, 0.1) is 5.92 Å². The smallest absolute Gasteiger partial charge is 0.318 e. The molecule has 0 aromatic rings. The third-order valence-corrected chi connectivity index (χ3v) is 5.88. The molecule has 0 radical (unpaired) electrons. The van der Waals surface area contributed by atoms with Crippen LogP contribution >= 0.6 is 0 Å². The van der Waals surface area contributed by atoms with E-state index in [0.29, 0.717) is 12.5 Å². The van der Waals surface area contributed by atoms with E-state index in [0.717, 1.165) is 25.9 Å². The molecule has 3 atom stereocenters. The number of piperazine rings is 1. The highest BCUT2D eigenvalue weighted by Crippen LogP contribution is 2.22. The van der Waals surface area contributed by atoms with Gasteiger partial charge in [0.25, 0.3) is 0 Å². The third kappa shape index (κ3) is 6.07. The van der Waals surface area contributed by atoms with Gasteiger partial charge in [0.05, 0.1) is 24.2 Å². The van der Waals surface area contributed by atoms with E-state index in [1.807, 2.05) is 11.9 Å². The number of nitrogens with zero attached hydrogens (tertiary/aromatic N) is 3. The molecule has 7 heteroatoms. The Morgan fingerprint density at radius 2 is 1.85 bits per heavy atom. The molecule has 1 heterocycles. The lowest BCUT2D eigenvalue weighted by Gasteiger charge is -2.46. The summed E-state index contributed by atoms with van der Waals surface area (Å²) in [6, 6.07) is -0.178. The summed E-state index contributed by atoms with van der Waals surface area (Å²) in [5.74, 6) is 0.229. The average molecular weight is 385 g/mol. The maximum atomic E-state index is 12.8. The Balaban J connectivity index is 2.72. The molecule has 1 rings (SSSR count). The van der Waals surface area contributed by atoms with Crippen LogP contribution in [0.5, 0.6) is 0 Å². The number of amides is 3. The summed E-state index contributed by atoms with van der Waals surface area (Å²) in [5, 5.41) is 2.83. The largest absolute Gasteiger partial charge is 0.379 e. The Morgan fingerprint density at radius 1 is 1.22 bits per heavy atom. The van der Waals surface area contributed by atoms with Crippen LogP contribution in [0.15, 0.2) is 0 Å². The van der Waals surface area contributed by atoms with Crippen molar-refractivity contribution < 1.29 is 14.3 Å². The number of hydrogen-bond donors (Lipinski definition) is 1. The lowest BCUT2D eigenvalue weighted by molar-refractivity contribution is -0.135. The predicted octanol–water partition coefficient (Wildman–Crippen LogP) is 2.02. The molecule has 0 saturated carbocycles. The van der Waals surface area contributed by atoms with Crippen LogP contribution in [0.25, 0.3) is 0 Å². The van der Waals surface area contributed by atoms with Crippen molar-refractivity contribution >= 4 is 11.9 Å². The normalized spacial score (nSPS) is 20.7. The van der Waals surface area contributed by atoms with Crippen molar-refractivity contribution in [3.63, 3.8) is 0 Å². The summed E-state index contributed by atoms with van der Waals surface area (Å²) in [4.78, 5) is 31.2. The van der Waals surface area contributed by atoms with Gasteiger partial charge >= 0.3 is 6.03 Å². The molecule has 3 unspecified atom stereocenters. The molecule has 1 aliphatic heterocycles. The van der Waals surface area contributed by atoms with Crippen molar-refractivity contribution in [3.8, 4) is 0 Å². The first-order valence-electron chi connectivity index (χ1n) is 10.1. The fraction of sp³-hybridized carbons (Fsp3) is 0.900. The molecule has 1 aliphatic rings. The molecule has 0 bridgehead atoms. The first-order valence-corrected chi connectivity index (χ1v) is 10.1. The van der Waals surface area contributed by atoms with Gasteiger partial charge in [-0.25, -0.2) is 4.79 Å². The molecule has 1 saturated heterocycles. The average Bonchev–Trinajstić information content (AvgIpc) is 2.61. The van der Waals surface area contributed by atoms with E-state index >= 15 is 0 Å². The minimum atomic E-state index is -0.255. The maximum absolute atomic E-state index is 12.8. The van der Waals surface area contributed by atoms with Crippen molar-refractivity contribution in [3.05, 3.63) is 0 Å². The molecule has 1 N–H and O–H groups in total. The molecule has 27 heavy (non-hydrogen) atoms. The highest BCUT2D eigenvalue weighted by atomic mass is 16.5. The summed E-state index contributed by atoms with van der Waals surface area (Å²) >= 11 is 0. The first-order chi connectivity index (χ1) is 12.6. The monoisotopic (exact) mass is 384 g/mol. The minimum absolute atomic E-state index is 0.00480. The van der Waals surface area contributed by atoms with Gasteiger partial charge in [0.15, 0.2) is 0 Å². The van der Waals surface area contributed by atoms with Gasteiger partial charge in [-0.15, -0.1) is 0 Å². The number of likely N-dealkylation sites (N-methyl/N-ethyl adjacent to an activating group) is 2. The summed E-state index contributed by atoms with van der Waals surface area (Å²) in [6.07, 6.45) is 1.79. The fourth-order valence-corrected chi connectivity index (χ4v) is 4.10. The van der Waals surface area contributed by atoms with Crippen LogP contribution in [-0.2, 0) is 9.53 Å². The fourth-order valence-electron chi connectivity index (χ4n) is 4.10. The zero-order valence-electron chi connectivity index (χ0n) is 18.5. The number of rotatable bonds is 8. The number of urea groups is 1. The summed E-state index contributed by atoms with van der Waals surface area (Å²) in [7, 11) is 5.57. The Kier molecular flexibility index (Phi) is 9.02. The van der Waals surface area contributed by atoms with Gasteiger partial charge in [-0.1, -0.05) is 27.2 Å². The van der Waals surface area contributed by atoms with Gasteiger partial charge in [0.1, 0.15) is 0 Å². The van der Waals surface area contributed by atoms with Crippen LogP contribution < -0.4 is 5.32 Å². The van der Waals surface area contributed by atoms with Gasteiger partial charge in [-0.3, -0.25) is 4.79 Å².